The fourth-order valence-electron chi connectivity index (χ4n) is 3.86. The van der Waals surface area contributed by atoms with E-state index in [1.165, 1.54) is 24.9 Å². The molecule has 2 unspecified atom stereocenters. The zero-order valence-electron chi connectivity index (χ0n) is 11.9. The molecule has 4 rings (SSSR count). The second-order valence-corrected chi connectivity index (χ2v) is 6.47. The summed E-state index contributed by atoms with van der Waals surface area (Å²) in [5.41, 5.74) is 1.33. The van der Waals surface area contributed by atoms with E-state index in [-0.39, 0.29) is 0 Å². The van der Waals surface area contributed by atoms with Crippen molar-refractivity contribution in [2.45, 2.75) is 44.2 Å². The molecule has 0 bridgehead atoms. The number of hydrogen-bond acceptors (Lipinski definition) is 3. The van der Waals surface area contributed by atoms with Crippen molar-refractivity contribution in [2.75, 3.05) is 13.1 Å². The Morgan fingerprint density at radius 2 is 2.20 bits per heavy atom. The first-order chi connectivity index (χ1) is 9.64. The van der Waals surface area contributed by atoms with Gasteiger partial charge in [-0.1, -0.05) is 11.6 Å². The van der Waals surface area contributed by atoms with Crippen molar-refractivity contribution >= 4 is 11.0 Å². The molecule has 3 heteroatoms. The zero-order valence-corrected chi connectivity index (χ0v) is 11.9. The monoisotopic (exact) mass is 271 g/mol. The van der Waals surface area contributed by atoms with Crippen LogP contribution in [0, 0.1) is 6.92 Å². The van der Waals surface area contributed by atoms with Gasteiger partial charge in [0, 0.05) is 18.0 Å². The molecule has 0 saturated carbocycles. The molecule has 0 amide bonds. The van der Waals surface area contributed by atoms with Gasteiger partial charge in [0.1, 0.15) is 16.9 Å². The first kappa shape index (κ1) is 12.4. The van der Waals surface area contributed by atoms with Gasteiger partial charge < -0.3 is 14.4 Å². The Morgan fingerprint density at radius 1 is 1.30 bits per heavy atom. The number of nitrogens with zero attached hydrogens (tertiary/aromatic N) is 1. The van der Waals surface area contributed by atoms with Crippen LogP contribution >= 0.6 is 0 Å². The molecule has 0 spiro atoms. The Hall–Kier alpha value is -1.32. The van der Waals surface area contributed by atoms with Crippen LogP contribution in [0.3, 0.4) is 0 Å². The Labute approximate surface area is 119 Å². The van der Waals surface area contributed by atoms with E-state index < -0.39 is 5.60 Å². The van der Waals surface area contributed by atoms with Crippen LogP contribution in [0.15, 0.2) is 28.7 Å². The average molecular weight is 271 g/mol. The van der Waals surface area contributed by atoms with Crippen molar-refractivity contribution in [1.29, 1.82) is 0 Å². The molecule has 2 aliphatic heterocycles. The highest BCUT2D eigenvalue weighted by Gasteiger charge is 2.43. The predicted octanol–water partition coefficient (Wildman–Crippen LogP) is 3.19. The zero-order chi connectivity index (χ0) is 13.7. The summed E-state index contributed by atoms with van der Waals surface area (Å²) >= 11 is 0. The van der Waals surface area contributed by atoms with Gasteiger partial charge in [-0.3, -0.25) is 0 Å². The minimum Gasteiger partial charge on any atom is -0.458 e. The number of fused-ring (bicyclic) bond motifs is 2. The van der Waals surface area contributed by atoms with Crippen LogP contribution in [0.1, 0.15) is 37.0 Å². The molecule has 1 N–H and O–H groups in total. The third kappa shape index (κ3) is 1.88. The Morgan fingerprint density at radius 3 is 3.10 bits per heavy atom. The van der Waals surface area contributed by atoms with Gasteiger partial charge in [0.2, 0.25) is 0 Å². The van der Waals surface area contributed by atoms with Crippen molar-refractivity contribution in [2.24, 2.45) is 0 Å². The van der Waals surface area contributed by atoms with E-state index in [9.17, 15) is 5.11 Å². The summed E-state index contributed by atoms with van der Waals surface area (Å²) in [6.07, 6.45) is 4.07. The minimum atomic E-state index is -0.779. The number of piperidine rings is 1. The number of benzene rings is 1. The lowest BCUT2D eigenvalue weighted by Crippen LogP contribution is -2.45. The standard InChI is InChI=1S/C17H21NO2/c1-12-4-5-15-13(9-12)10-16(20-15)17(19)6-8-18-7-2-3-14(18)11-17/h4-5,9-10,14,19H,2-3,6-8,11H2,1H3. The van der Waals surface area contributed by atoms with E-state index >= 15 is 0 Å². The van der Waals surface area contributed by atoms with Gasteiger partial charge in [0.05, 0.1) is 0 Å². The minimum absolute atomic E-state index is 0.531. The molecule has 106 valence electrons. The van der Waals surface area contributed by atoms with Gasteiger partial charge in [-0.05, 0) is 57.4 Å². The van der Waals surface area contributed by atoms with Crippen LogP contribution in [-0.2, 0) is 5.60 Å². The van der Waals surface area contributed by atoms with Gasteiger partial charge in [-0.15, -0.1) is 0 Å². The Kier molecular flexibility index (Phi) is 2.69. The van der Waals surface area contributed by atoms with Crippen molar-refractivity contribution in [3.05, 3.63) is 35.6 Å². The molecule has 2 saturated heterocycles. The lowest BCUT2D eigenvalue weighted by molar-refractivity contribution is -0.0549. The fourth-order valence-corrected chi connectivity index (χ4v) is 3.86. The summed E-state index contributed by atoms with van der Waals surface area (Å²) in [5.74, 6) is 0.754. The van der Waals surface area contributed by atoms with Crippen molar-refractivity contribution in [3.63, 3.8) is 0 Å². The second kappa shape index (κ2) is 4.34. The molecule has 20 heavy (non-hydrogen) atoms. The number of aryl methyl sites for hydroxylation is 1. The predicted molar refractivity (Wildman–Crippen MR) is 78.7 cm³/mol. The number of hydrogen-bond donors (Lipinski definition) is 1. The maximum absolute atomic E-state index is 11.0. The van der Waals surface area contributed by atoms with Crippen LogP contribution in [0.4, 0.5) is 0 Å². The number of aliphatic hydroxyl groups is 1. The number of furan rings is 1. The molecule has 0 radical (unpaired) electrons. The molecule has 2 aliphatic rings. The van der Waals surface area contributed by atoms with E-state index in [1.807, 2.05) is 12.1 Å². The van der Waals surface area contributed by atoms with E-state index in [0.29, 0.717) is 6.04 Å². The van der Waals surface area contributed by atoms with Crippen LogP contribution in [0.5, 0.6) is 0 Å². The van der Waals surface area contributed by atoms with Crippen molar-refractivity contribution < 1.29 is 9.52 Å². The summed E-state index contributed by atoms with van der Waals surface area (Å²) in [5, 5.41) is 12.1. The summed E-state index contributed by atoms with van der Waals surface area (Å²) in [6.45, 7) is 4.26. The molecule has 3 nitrogen and oxygen atoms in total. The number of rotatable bonds is 1. The lowest BCUT2D eigenvalue weighted by Gasteiger charge is -2.39. The highest BCUT2D eigenvalue weighted by atomic mass is 16.4. The first-order valence-electron chi connectivity index (χ1n) is 7.61. The van der Waals surface area contributed by atoms with Gasteiger partial charge in [0.15, 0.2) is 0 Å². The smallest absolute Gasteiger partial charge is 0.137 e. The molecular weight excluding hydrogens is 250 g/mol. The molecule has 2 fully saturated rings. The third-order valence-electron chi connectivity index (χ3n) is 5.02. The van der Waals surface area contributed by atoms with Crippen molar-refractivity contribution in [3.8, 4) is 0 Å². The van der Waals surface area contributed by atoms with Gasteiger partial charge >= 0.3 is 0 Å². The topological polar surface area (TPSA) is 36.6 Å². The molecule has 1 aromatic heterocycles. The molecule has 2 atom stereocenters. The molecule has 1 aromatic carbocycles. The summed E-state index contributed by atoms with van der Waals surface area (Å²) in [6, 6.07) is 8.74. The Balaban J connectivity index is 1.70. The van der Waals surface area contributed by atoms with E-state index in [4.69, 9.17) is 4.42 Å². The highest BCUT2D eigenvalue weighted by Crippen LogP contribution is 2.41. The van der Waals surface area contributed by atoms with E-state index in [0.717, 1.165) is 36.1 Å². The summed E-state index contributed by atoms with van der Waals surface area (Å²) in [7, 11) is 0. The SMILES string of the molecule is Cc1ccc2oc(C3(O)CCN4CCCC4C3)cc2c1. The van der Waals surface area contributed by atoms with Gasteiger partial charge in [-0.25, -0.2) is 0 Å². The maximum atomic E-state index is 11.0. The summed E-state index contributed by atoms with van der Waals surface area (Å²) < 4.78 is 5.95. The third-order valence-corrected chi connectivity index (χ3v) is 5.02. The first-order valence-corrected chi connectivity index (χ1v) is 7.61. The fraction of sp³-hybridized carbons (Fsp3) is 0.529. The highest BCUT2D eigenvalue weighted by molar-refractivity contribution is 5.78. The molecule has 2 aromatic rings. The van der Waals surface area contributed by atoms with E-state index in [1.54, 1.807) is 0 Å². The largest absolute Gasteiger partial charge is 0.458 e. The quantitative estimate of drug-likeness (QED) is 0.865. The van der Waals surface area contributed by atoms with Crippen LogP contribution in [0.25, 0.3) is 11.0 Å². The average Bonchev–Trinajstić information content (AvgIpc) is 3.03. The lowest BCUT2D eigenvalue weighted by atomic mass is 9.84. The van der Waals surface area contributed by atoms with E-state index in [2.05, 4.69) is 24.0 Å². The van der Waals surface area contributed by atoms with Crippen LogP contribution < -0.4 is 0 Å². The van der Waals surface area contributed by atoms with Gasteiger partial charge in [0.25, 0.3) is 0 Å². The maximum Gasteiger partial charge on any atom is 0.137 e. The normalized spacial score (nSPS) is 30.8. The molecule has 0 aliphatic carbocycles. The van der Waals surface area contributed by atoms with Crippen LogP contribution in [0.2, 0.25) is 0 Å². The molecule has 3 heterocycles. The second-order valence-electron chi connectivity index (χ2n) is 6.47. The van der Waals surface area contributed by atoms with Crippen molar-refractivity contribution in [1.82, 2.24) is 4.90 Å². The van der Waals surface area contributed by atoms with Gasteiger partial charge in [-0.2, -0.15) is 0 Å². The van der Waals surface area contributed by atoms with Crippen LogP contribution in [-0.4, -0.2) is 29.1 Å². The Bertz CT molecular complexity index is 647. The summed E-state index contributed by atoms with van der Waals surface area (Å²) in [4.78, 5) is 2.52. The molecular formula is C17H21NO2.